The molecule has 1 aliphatic rings. The summed E-state index contributed by atoms with van der Waals surface area (Å²) in [5.74, 6) is -1.83. The summed E-state index contributed by atoms with van der Waals surface area (Å²) in [7, 11) is 3.34. The van der Waals surface area contributed by atoms with Crippen molar-refractivity contribution >= 4 is 17.8 Å². The van der Waals surface area contributed by atoms with Crippen LogP contribution in [0.4, 0.5) is 0 Å². The minimum Gasteiger partial charge on any atom is -0.497 e. The molecular weight excluding hydrogens is 468 g/mol. The first-order chi connectivity index (χ1) is 17.3. The van der Waals surface area contributed by atoms with Gasteiger partial charge in [0.2, 0.25) is 5.91 Å². The van der Waals surface area contributed by atoms with Gasteiger partial charge >= 0.3 is 11.9 Å². The van der Waals surface area contributed by atoms with E-state index < -0.39 is 11.9 Å². The number of methoxy groups -OCH3 is 2. The number of carboxylic acids is 2. The van der Waals surface area contributed by atoms with Gasteiger partial charge in [-0.2, -0.15) is 0 Å². The standard InChI is InChI=1S/C24H32N2O4.C2H2O4/c1-29-22-8-9-23(30-2)21(16-22)18-25-12-10-20(11-13-25)24(28)26(14-15-27)17-19-6-4-3-5-7-19;3-1(4)2(5)6/h3-9,16,20,27H,10-15,17-18H2,1-2H3;(H,3,4)(H,5,6). The topological polar surface area (TPSA) is 137 Å². The number of aliphatic hydroxyl groups excluding tert-OH is 1. The Morgan fingerprint density at radius 2 is 1.61 bits per heavy atom. The lowest BCUT2D eigenvalue weighted by Crippen LogP contribution is -2.43. The highest BCUT2D eigenvalue weighted by Crippen LogP contribution is 2.28. The zero-order valence-electron chi connectivity index (χ0n) is 20.6. The minimum atomic E-state index is -1.82. The number of benzene rings is 2. The van der Waals surface area contributed by atoms with Gasteiger partial charge in [0.25, 0.3) is 0 Å². The van der Waals surface area contributed by atoms with Gasteiger partial charge in [-0.3, -0.25) is 9.69 Å². The Labute approximate surface area is 210 Å². The number of aliphatic carboxylic acids is 2. The first-order valence-electron chi connectivity index (χ1n) is 11.6. The monoisotopic (exact) mass is 502 g/mol. The van der Waals surface area contributed by atoms with E-state index in [2.05, 4.69) is 4.90 Å². The van der Waals surface area contributed by atoms with E-state index >= 15 is 0 Å². The van der Waals surface area contributed by atoms with Crippen molar-refractivity contribution < 1.29 is 39.2 Å². The van der Waals surface area contributed by atoms with Crippen LogP contribution in [0.2, 0.25) is 0 Å². The maximum absolute atomic E-state index is 13.1. The molecule has 10 heteroatoms. The molecule has 1 amide bonds. The van der Waals surface area contributed by atoms with Crippen molar-refractivity contribution in [2.45, 2.75) is 25.9 Å². The Kier molecular flexibility index (Phi) is 11.7. The molecule has 0 aromatic heterocycles. The summed E-state index contributed by atoms with van der Waals surface area (Å²) in [6.45, 7) is 3.37. The fraction of sp³-hybridized carbons (Fsp3) is 0.423. The number of hydrogen-bond donors (Lipinski definition) is 3. The van der Waals surface area contributed by atoms with E-state index in [-0.39, 0.29) is 18.4 Å². The fourth-order valence-corrected chi connectivity index (χ4v) is 4.03. The molecule has 0 spiro atoms. The Bertz CT molecular complexity index is 979. The molecule has 0 unspecified atom stereocenters. The van der Waals surface area contributed by atoms with Crippen molar-refractivity contribution in [3.05, 3.63) is 59.7 Å². The van der Waals surface area contributed by atoms with Crippen LogP contribution in [0.25, 0.3) is 0 Å². The van der Waals surface area contributed by atoms with Crippen molar-refractivity contribution in [3.63, 3.8) is 0 Å². The van der Waals surface area contributed by atoms with Crippen LogP contribution in [-0.2, 0) is 27.5 Å². The molecule has 1 saturated heterocycles. The highest BCUT2D eigenvalue weighted by Gasteiger charge is 2.29. The number of hydrogen-bond acceptors (Lipinski definition) is 7. The van der Waals surface area contributed by atoms with Crippen LogP contribution in [0.1, 0.15) is 24.0 Å². The molecule has 0 atom stereocenters. The Morgan fingerprint density at radius 3 is 2.14 bits per heavy atom. The SMILES string of the molecule is COc1ccc(OC)c(CN2CCC(C(=O)N(CCO)Cc3ccccc3)CC2)c1.O=C(O)C(=O)O. The average molecular weight is 503 g/mol. The van der Waals surface area contributed by atoms with Gasteiger partial charge in [0.15, 0.2) is 0 Å². The number of rotatable bonds is 9. The Morgan fingerprint density at radius 1 is 0.972 bits per heavy atom. The average Bonchev–Trinajstić information content (AvgIpc) is 2.89. The summed E-state index contributed by atoms with van der Waals surface area (Å²) in [5.41, 5.74) is 2.18. The highest BCUT2D eigenvalue weighted by molar-refractivity contribution is 6.27. The van der Waals surface area contributed by atoms with E-state index in [1.54, 1.807) is 19.1 Å². The van der Waals surface area contributed by atoms with E-state index in [1.807, 2.05) is 48.5 Å². The van der Waals surface area contributed by atoms with Gasteiger partial charge in [-0.25, -0.2) is 9.59 Å². The van der Waals surface area contributed by atoms with Crippen LogP contribution in [0, 0.1) is 5.92 Å². The van der Waals surface area contributed by atoms with Crippen LogP contribution >= 0.6 is 0 Å². The number of ether oxygens (including phenoxy) is 2. The normalized spacial score (nSPS) is 13.8. The molecule has 36 heavy (non-hydrogen) atoms. The van der Waals surface area contributed by atoms with E-state index in [0.717, 1.165) is 55.1 Å². The summed E-state index contributed by atoms with van der Waals surface area (Å²) in [5, 5.41) is 24.2. The fourth-order valence-electron chi connectivity index (χ4n) is 4.03. The van der Waals surface area contributed by atoms with Gasteiger partial charge in [0, 0.05) is 31.1 Å². The molecule has 0 radical (unpaired) electrons. The van der Waals surface area contributed by atoms with Gasteiger partial charge in [-0.15, -0.1) is 0 Å². The zero-order valence-corrected chi connectivity index (χ0v) is 20.6. The summed E-state index contributed by atoms with van der Waals surface area (Å²) >= 11 is 0. The lowest BCUT2D eigenvalue weighted by Gasteiger charge is -2.34. The lowest BCUT2D eigenvalue weighted by molar-refractivity contribution is -0.159. The van der Waals surface area contributed by atoms with Gasteiger partial charge in [-0.05, 0) is 49.7 Å². The predicted molar refractivity (Wildman–Crippen MR) is 132 cm³/mol. The quantitative estimate of drug-likeness (QED) is 0.440. The summed E-state index contributed by atoms with van der Waals surface area (Å²) in [4.78, 5) is 35.4. The first-order valence-corrected chi connectivity index (χ1v) is 11.6. The summed E-state index contributed by atoms with van der Waals surface area (Å²) in [6.07, 6.45) is 1.64. The van der Waals surface area contributed by atoms with E-state index in [4.69, 9.17) is 29.3 Å². The molecule has 2 aromatic carbocycles. The predicted octanol–water partition coefficient (Wildman–Crippen LogP) is 2.09. The number of amides is 1. The highest BCUT2D eigenvalue weighted by atomic mass is 16.5. The van der Waals surface area contributed by atoms with Crippen LogP contribution < -0.4 is 9.47 Å². The molecule has 2 aromatic rings. The molecule has 1 fully saturated rings. The number of piperidine rings is 1. The third-order valence-corrected chi connectivity index (χ3v) is 5.90. The second kappa shape index (κ2) is 14.7. The van der Waals surface area contributed by atoms with Gasteiger partial charge in [-0.1, -0.05) is 30.3 Å². The number of carbonyl (C=O) groups is 3. The van der Waals surface area contributed by atoms with E-state index in [9.17, 15) is 9.90 Å². The Hall–Kier alpha value is -3.63. The van der Waals surface area contributed by atoms with Crippen molar-refractivity contribution in [1.82, 2.24) is 9.80 Å². The van der Waals surface area contributed by atoms with Gasteiger partial charge in [0.05, 0.1) is 20.8 Å². The molecule has 1 aliphatic heterocycles. The van der Waals surface area contributed by atoms with Crippen LogP contribution in [-0.4, -0.2) is 83.4 Å². The largest absolute Gasteiger partial charge is 0.497 e. The molecule has 0 bridgehead atoms. The minimum absolute atomic E-state index is 0.00344. The second-order valence-electron chi connectivity index (χ2n) is 8.31. The number of carbonyl (C=O) groups excluding carboxylic acids is 1. The third-order valence-electron chi connectivity index (χ3n) is 5.90. The molecule has 3 rings (SSSR count). The van der Waals surface area contributed by atoms with Crippen LogP contribution in [0.3, 0.4) is 0 Å². The maximum Gasteiger partial charge on any atom is 0.414 e. The molecule has 1 heterocycles. The third kappa shape index (κ3) is 8.86. The molecule has 196 valence electrons. The number of likely N-dealkylation sites (tertiary alicyclic amines) is 1. The smallest absolute Gasteiger partial charge is 0.414 e. The van der Waals surface area contributed by atoms with Gasteiger partial charge < -0.3 is 29.7 Å². The van der Waals surface area contributed by atoms with E-state index in [1.165, 1.54) is 0 Å². The summed E-state index contributed by atoms with van der Waals surface area (Å²) in [6, 6.07) is 15.8. The molecular formula is C26H34N2O8. The summed E-state index contributed by atoms with van der Waals surface area (Å²) < 4.78 is 10.8. The number of carboxylic acid groups (broad SMARTS) is 2. The molecule has 10 nitrogen and oxygen atoms in total. The van der Waals surface area contributed by atoms with Crippen molar-refractivity contribution in [3.8, 4) is 11.5 Å². The molecule has 3 N–H and O–H groups in total. The molecule has 0 saturated carbocycles. The van der Waals surface area contributed by atoms with Crippen LogP contribution in [0.15, 0.2) is 48.5 Å². The first kappa shape index (κ1) is 28.6. The van der Waals surface area contributed by atoms with Crippen molar-refractivity contribution in [1.29, 1.82) is 0 Å². The van der Waals surface area contributed by atoms with E-state index in [0.29, 0.717) is 13.1 Å². The lowest BCUT2D eigenvalue weighted by atomic mass is 9.94. The molecule has 0 aliphatic carbocycles. The van der Waals surface area contributed by atoms with Crippen LogP contribution in [0.5, 0.6) is 11.5 Å². The zero-order chi connectivity index (χ0) is 26.5. The maximum atomic E-state index is 13.1. The number of aliphatic hydroxyl groups is 1. The number of nitrogens with zero attached hydrogens (tertiary/aromatic N) is 2. The van der Waals surface area contributed by atoms with Gasteiger partial charge in [0.1, 0.15) is 11.5 Å². The van der Waals surface area contributed by atoms with Crippen molar-refractivity contribution in [2.24, 2.45) is 5.92 Å². The second-order valence-corrected chi connectivity index (χ2v) is 8.31. The van der Waals surface area contributed by atoms with Crippen molar-refractivity contribution in [2.75, 3.05) is 40.5 Å². The Balaban J connectivity index is 0.000000678.